The number of carbonyl (C=O) groups is 1. The number of carbonyl (C=O) groups excluding carboxylic acids is 1. The third kappa shape index (κ3) is 4.26. The van der Waals surface area contributed by atoms with Gasteiger partial charge in [0.2, 0.25) is 12.7 Å². The molecule has 1 aromatic heterocycles. The number of hydrogen-bond acceptors (Lipinski definition) is 4. The van der Waals surface area contributed by atoms with Gasteiger partial charge in [0.05, 0.1) is 6.33 Å². The Morgan fingerprint density at radius 3 is 3.04 bits per heavy atom. The molecule has 144 valence electrons. The molecule has 2 aliphatic heterocycles. The lowest BCUT2D eigenvalue weighted by Gasteiger charge is -2.41. The summed E-state index contributed by atoms with van der Waals surface area (Å²) >= 11 is 0. The molecule has 0 aliphatic carbocycles. The van der Waals surface area contributed by atoms with Gasteiger partial charge in [-0.2, -0.15) is 0 Å². The third-order valence-electron chi connectivity index (χ3n) is 5.57. The zero-order valence-corrected chi connectivity index (χ0v) is 15.9. The molecule has 1 saturated heterocycles. The Balaban J connectivity index is 1.32. The van der Waals surface area contributed by atoms with Crippen LogP contribution in [0.15, 0.2) is 36.9 Å². The highest BCUT2D eigenvalue weighted by Gasteiger charge is 2.33. The maximum atomic E-state index is 12.7. The van der Waals surface area contributed by atoms with Crippen molar-refractivity contribution in [2.45, 2.75) is 45.6 Å². The van der Waals surface area contributed by atoms with E-state index in [-0.39, 0.29) is 11.3 Å². The molecule has 0 saturated carbocycles. The molecule has 6 nitrogen and oxygen atoms in total. The van der Waals surface area contributed by atoms with E-state index in [0.717, 1.165) is 56.8 Å². The van der Waals surface area contributed by atoms with E-state index < -0.39 is 0 Å². The monoisotopic (exact) mass is 369 g/mol. The van der Waals surface area contributed by atoms with E-state index in [1.165, 1.54) is 5.56 Å². The first-order valence-electron chi connectivity index (χ1n) is 9.73. The fraction of sp³-hybridized carbons (Fsp3) is 0.524. The van der Waals surface area contributed by atoms with Crippen LogP contribution in [0.1, 0.15) is 38.2 Å². The van der Waals surface area contributed by atoms with E-state index >= 15 is 0 Å². The van der Waals surface area contributed by atoms with E-state index in [9.17, 15) is 4.79 Å². The summed E-state index contributed by atoms with van der Waals surface area (Å²) in [6, 6.07) is 6.19. The Morgan fingerprint density at radius 2 is 2.19 bits per heavy atom. The molecule has 1 atom stereocenters. The Morgan fingerprint density at radius 1 is 1.30 bits per heavy atom. The van der Waals surface area contributed by atoms with Crippen molar-refractivity contribution < 1.29 is 14.3 Å². The van der Waals surface area contributed by atoms with E-state index in [2.05, 4.69) is 28.9 Å². The SMILES string of the molecule is CC1(Cc2ccc3c(c2)OCO3)CCCN(C(=O)CCCn2ccnc2)C1. The predicted octanol–water partition coefficient (Wildman–Crippen LogP) is 3.26. The number of amides is 1. The number of aromatic nitrogens is 2. The summed E-state index contributed by atoms with van der Waals surface area (Å²) in [6.45, 7) is 5.14. The third-order valence-corrected chi connectivity index (χ3v) is 5.57. The van der Waals surface area contributed by atoms with Crippen LogP contribution in [-0.4, -0.2) is 40.2 Å². The van der Waals surface area contributed by atoms with Gasteiger partial charge >= 0.3 is 0 Å². The Bertz CT molecular complexity index is 790. The topological polar surface area (TPSA) is 56.6 Å². The van der Waals surface area contributed by atoms with Crippen molar-refractivity contribution in [3.63, 3.8) is 0 Å². The van der Waals surface area contributed by atoms with Gasteiger partial charge in [0.15, 0.2) is 11.5 Å². The van der Waals surface area contributed by atoms with E-state index in [0.29, 0.717) is 13.2 Å². The number of benzene rings is 1. The fourth-order valence-electron chi connectivity index (χ4n) is 4.21. The van der Waals surface area contributed by atoms with E-state index in [1.54, 1.807) is 12.5 Å². The summed E-state index contributed by atoms with van der Waals surface area (Å²) in [7, 11) is 0. The van der Waals surface area contributed by atoms with E-state index in [1.807, 2.05) is 16.8 Å². The molecule has 0 spiro atoms. The van der Waals surface area contributed by atoms with Crippen LogP contribution in [0, 0.1) is 5.41 Å². The van der Waals surface area contributed by atoms with Crippen molar-refractivity contribution in [1.82, 2.24) is 14.5 Å². The molecule has 1 amide bonds. The van der Waals surface area contributed by atoms with Crippen molar-refractivity contribution in [2.24, 2.45) is 5.41 Å². The highest BCUT2D eigenvalue weighted by molar-refractivity contribution is 5.76. The number of imidazole rings is 1. The van der Waals surface area contributed by atoms with Gasteiger partial charge in [-0.15, -0.1) is 0 Å². The molecule has 0 bridgehead atoms. The molecule has 1 unspecified atom stereocenters. The molecular formula is C21H27N3O3. The van der Waals surface area contributed by atoms with Crippen LogP contribution in [0.5, 0.6) is 11.5 Å². The molecule has 0 radical (unpaired) electrons. The normalized spacial score (nSPS) is 21.4. The highest BCUT2D eigenvalue weighted by Crippen LogP contribution is 2.37. The maximum absolute atomic E-state index is 12.7. The maximum Gasteiger partial charge on any atom is 0.231 e. The molecular weight excluding hydrogens is 342 g/mol. The average Bonchev–Trinajstić information content (AvgIpc) is 3.32. The van der Waals surface area contributed by atoms with Crippen LogP contribution in [0.3, 0.4) is 0 Å². The number of ether oxygens (including phenoxy) is 2. The number of likely N-dealkylation sites (tertiary alicyclic amines) is 1. The van der Waals surface area contributed by atoms with Crippen LogP contribution >= 0.6 is 0 Å². The molecule has 2 aliphatic rings. The van der Waals surface area contributed by atoms with Crippen molar-refractivity contribution >= 4 is 5.91 Å². The molecule has 0 N–H and O–H groups in total. The van der Waals surface area contributed by atoms with Crippen LogP contribution in [0.25, 0.3) is 0 Å². The van der Waals surface area contributed by atoms with Crippen molar-refractivity contribution in [1.29, 1.82) is 0 Å². The van der Waals surface area contributed by atoms with Gasteiger partial charge in [0, 0.05) is 38.4 Å². The molecule has 2 aromatic rings. The zero-order chi connectivity index (χ0) is 18.7. The van der Waals surface area contributed by atoms with Gasteiger partial charge < -0.3 is 18.9 Å². The van der Waals surface area contributed by atoms with Crippen LogP contribution in [0.2, 0.25) is 0 Å². The van der Waals surface area contributed by atoms with Crippen LogP contribution < -0.4 is 9.47 Å². The predicted molar refractivity (Wildman–Crippen MR) is 102 cm³/mol. The molecule has 3 heterocycles. The summed E-state index contributed by atoms with van der Waals surface area (Å²) in [5, 5.41) is 0. The van der Waals surface area contributed by atoms with Gasteiger partial charge in [-0.25, -0.2) is 4.98 Å². The smallest absolute Gasteiger partial charge is 0.231 e. The average molecular weight is 369 g/mol. The largest absolute Gasteiger partial charge is 0.454 e. The van der Waals surface area contributed by atoms with Gasteiger partial charge in [-0.1, -0.05) is 13.0 Å². The summed E-state index contributed by atoms with van der Waals surface area (Å²) < 4.78 is 12.9. The number of nitrogens with zero attached hydrogens (tertiary/aromatic N) is 3. The quantitative estimate of drug-likeness (QED) is 0.784. The first kappa shape index (κ1) is 17.9. The van der Waals surface area contributed by atoms with Crippen LogP contribution in [-0.2, 0) is 17.8 Å². The van der Waals surface area contributed by atoms with Crippen molar-refractivity contribution in [3.05, 3.63) is 42.5 Å². The van der Waals surface area contributed by atoms with Gasteiger partial charge in [0.25, 0.3) is 0 Å². The number of aryl methyl sites for hydroxylation is 1. The summed E-state index contributed by atoms with van der Waals surface area (Å²) in [6.07, 6.45) is 10.1. The number of fused-ring (bicyclic) bond motifs is 1. The summed E-state index contributed by atoms with van der Waals surface area (Å²) in [4.78, 5) is 18.8. The minimum atomic E-state index is 0.103. The van der Waals surface area contributed by atoms with Gasteiger partial charge in [-0.3, -0.25) is 4.79 Å². The number of rotatable bonds is 6. The Kier molecular flexibility index (Phi) is 5.05. The van der Waals surface area contributed by atoms with E-state index in [4.69, 9.17) is 9.47 Å². The lowest BCUT2D eigenvalue weighted by atomic mass is 9.77. The first-order chi connectivity index (χ1) is 13.1. The number of hydrogen-bond donors (Lipinski definition) is 0. The van der Waals surface area contributed by atoms with Crippen molar-refractivity contribution in [2.75, 3.05) is 19.9 Å². The zero-order valence-electron chi connectivity index (χ0n) is 15.9. The second kappa shape index (κ2) is 7.62. The first-order valence-corrected chi connectivity index (χ1v) is 9.73. The van der Waals surface area contributed by atoms with Gasteiger partial charge in [-0.05, 0) is 48.8 Å². The number of piperidine rings is 1. The van der Waals surface area contributed by atoms with Gasteiger partial charge in [0.1, 0.15) is 0 Å². The Labute approximate surface area is 160 Å². The van der Waals surface area contributed by atoms with Crippen LogP contribution in [0.4, 0.5) is 0 Å². The lowest BCUT2D eigenvalue weighted by Crippen LogP contribution is -2.45. The molecule has 27 heavy (non-hydrogen) atoms. The molecule has 6 heteroatoms. The summed E-state index contributed by atoms with van der Waals surface area (Å²) in [5.74, 6) is 1.92. The fourth-order valence-corrected chi connectivity index (χ4v) is 4.21. The minimum Gasteiger partial charge on any atom is -0.454 e. The highest BCUT2D eigenvalue weighted by atomic mass is 16.7. The lowest BCUT2D eigenvalue weighted by molar-refractivity contribution is -0.134. The molecule has 1 aromatic carbocycles. The second-order valence-electron chi connectivity index (χ2n) is 8.00. The molecule has 4 rings (SSSR count). The van der Waals surface area contributed by atoms with Crippen molar-refractivity contribution in [3.8, 4) is 11.5 Å². The Hall–Kier alpha value is -2.50. The second-order valence-corrected chi connectivity index (χ2v) is 8.00. The summed E-state index contributed by atoms with van der Waals surface area (Å²) in [5.41, 5.74) is 1.35. The molecule has 1 fully saturated rings. The standard InChI is InChI=1S/C21H27N3O3/c1-21(13-17-5-6-18-19(12-17)27-16-26-18)7-3-10-24(14-21)20(25)4-2-9-23-11-8-22-15-23/h5-6,8,11-12,15H,2-4,7,9-10,13-14,16H2,1H3. The minimum absolute atomic E-state index is 0.103.